The predicted molar refractivity (Wildman–Crippen MR) is 115 cm³/mol. The number of hydrogen-bond acceptors (Lipinski definition) is 7. The highest BCUT2D eigenvalue weighted by Gasteiger charge is 2.16. The fourth-order valence-electron chi connectivity index (χ4n) is 2.75. The van der Waals surface area contributed by atoms with Crippen molar-refractivity contribution in [3.63, 3.8) is 0 Å². The number of carbonyl (C=O) groups excluding carboxylic acids is 1. The van der Waals surface area contributed by atoms with Crippen LogP contribution in [0.3, 0.4) is 0 Å². The first-order valence-corrected chi connectivity index (χ1v) is 10.8. The zero-order chi connectivity index (χ0) is 21.1. The molecule has 4 aromatic rings. The third-order valence-corrected chi connectivity index (χ3v) is 6.19. The molecule has 7 nitrogen and oxygen atoms in total. The number of aryl methyl sites for hydroxylation is 2. The molecule has 30 heavy (non-hydrogen) atoms. The number of thioether (sulfide) groups is 1. The monoisotopic (exact) mass is 440 g/mol. The van der Waals surface area contributed by atoms with E-state index in [2.05, 4.69) is 31.8 Å². The maximum atomic E-state index is 13.0. The third kappa shape index (κ3) is 4.55. The van der Waals surface area contributed by atoms with Gasteiger partial charge in [0.2, 0.25) is 5.01 Å². The summed E-state index contributed by atoms with van der Waals surface area (Å²) in [5, 5.41) is 20.9. The second-order valence-corrected chi connectivity index (χ2v) is 8.46. The average molecular weight is 441 g/mol. The Balaban J connectivity index is 1.44. The van der Waals surface area contributed by atoms with Crippen molar-refractivity contribution < 1.29 is 9.18 Å². The van der Waals surface area contributed by atoms with Crippen LogP contribution in [0.15, 0.2) is 53.7 Å². The Hall–Kier alpha value is -3.11. The molecule has 0 bridgehead atoms. The van der Waals surface area contributed by atoms with Crippen LogP contribution in [-0.4, -0.2) is 30.9 Å². The number of aromatic nitrogens is 5. The largest absolute Gasteiger partial charge is 0.320 e. The number of benzene rings is 2. The minimum atomic E-state index is -0.380. The lowest BCUT2D eigenvalue weighted by atomic mass is 10.2. The third-order valence-electron chi connectivity index (χ3n) is 4.14. The molecule has 0 atom stereocenters. The molecule has 2 aromatic heterocycles. The molecular weight excluding hydrogens is 423 g/mol. The second kappa shape index (κ2) is 8.72. The second-order valence-electron chi connectivity index (χ2n) is 6.45. The number of nitrogens with zero attached hydrogens (tertiary/aromatic N) is 5. The van der Waals surface area contributed by atoms with E-state index in [1.54, 1.807) is 0 Å². The van der Waals surface area contributed by atoms with E-state index < -0.39 is 0 Å². The van der Waals surface area contributed by atoms with Gasteiger partial charge in [0, 0.05) is 11.4 Å². The average Bonchev–Trinajstić information content (AvgIpc) is 3.35. The highest BCUT2D eigenvalue weighted by Crippen LogP contribution is 2.26. The van der Waals surface area contributed by atoms with Crippen LogP contribution in [0.25, 0.3) is 5.69 Å². The molecule has 0 spiro atoms. The Morgan fingerprint density at radius 1 is 1.10 bits per heavy atom. The van der Waals surface area contributed by atoms with Gasteiger partial charge in [0.1, 0.15) is 16.6 Å². The van der Waals surface area contributed by atoms with Gasteiger partial charge in [-0.25, -0.2) is 4.39 Å². The van der Waals surface area contributed by atoms with E-state index in [1.807, 2.05) is 36.6 Å². The van der Waals surface area contributed by atoms with Crippen molar-refractivity contribution in [1.82, 2.24) is 25.0 Å². The topological polar surface area (TPSA) is 85.6 Å². The summed E-state index contributed by atoms with van der Waals surface area (Å²) in [4.78, 5) is 12.3. The van der Waals surface area contributed by atoms with Gasteiger partial charge in [-0.1, -0.05) is 35.2 Å². The summed E-state index contributed by atoms with van der Waals surface area (Å²) < 4.78 is 15.0. The SMILES string of the molecule is Cc1cccc(-n2c(C)nnc2SCc2nnc(C(=O)Nc3ccc(F)cc3)s2)c1. The van der Waals surface area contributed by atoms with Crippen molar-refractivity contribution in [2.45, 2.75) is 24.8 Å². The van der Waals surface area contributed by atoms with E-state index in [4.69, 9.17) is 0 Å². The quantitative estimate of drug-likeness (QED) is 0.447. The minimum Gasteiger partial charge on any atom is -0.320 e. The Bertz CT molecular complexity index is 1190. The predicted octanol–water partition coefficient (Wildman–Crippen LogP) is 4.42. The van der Waals surface area contributed by atoms with Crippen molar-refractivity contribution in [1.29, 1.82) is 0 Å². The van der Waals surface area contributed by atoms with Gasteiger partial charge in [0.25, 0.3) is 5.91 Å². The lowest BCUT2D eigenvalue weighted by molar-refractivity contribution is 0.102. The Morgan fingerprint density at radius 2 is 1.90 bits per heavy atom. The molecule has 0 fully saturated rings. The molecule has 0 unspecified atom stereocenters. The van der Waals surface area contributed by atoms with E-state index in [0.717, 1.165) is 22.2 Å². The van der Waals surface area contributed by atoms with E-state index >= 15 is 0 Å². The summed E-state index contributed by atoms with van der Waals surface area (Å²) in [6.07, 6.45) is 0. The van der Waals surface area contributed by atoms with E-state index in [-0.39, 0.29) is 16.7 Å². The summed E-state index contributed by atoms with van der Waals surface area (Å²) in [6, 6.07) is 13.7. The molecule has 0 saturated heterocycles. The number of amides is 1. The molecule has 1 amide bonds. The Labute approximate surface area is 180 Å². The number of hydrogen-bond donors (Lipinski definition) is 1. The normalized spacial score (nSPS) is 10.9. The van der Waals surface area contributed by atoms with Crippen molar-refractivity contribution in [2.75, 3.05) is 5.32 Å². The number of rotatable bonds is 6. The van der Waals surface area contributed by atoms with Crippen LogP contribution < -0.4 is 5.32 Å². The number of nitrogens with one attached hydrogen (secondary N) is 1. The zero-order valence-electron chi connectivity index (χ0n) is 16.2. The van der Waals surface area contributed by atoms with Crippen LogP contribution >= 0.6 is 23.1 Å². The van der Waals surface area contributed by atoms with Crippen LogP contribution in [0.4, 0.5) is 10.1 Å². The van der Waals surface area contributed by atoms with Crippen LogP contribution in [-0.2, 0) is 5.75 Å². The molecule has 152 valence electrons. The Morgan fingerprint density at radius 3 is 2.67 bits per heavy atom. The fraction of sp³-hybridized carbons (Fsp3) is 0.150. The number of anilines is 1. The van der Waals surface area contributed by atoms with E-state index in [1.165, 1.54) is 47.4 Å². The lowest BCUT2D eigenvalue weighted by Crippen LogP contribution is -2.11. The molecule has 10 heteroatoms. The number of carbonyl (C=O) groups is 1. The van der Waals surface area contributed by atoms with E-state index in [9.17, 15) is 9.18 Å². The van der Waals surface area contributed by atoms with Crippen molar-refractivity contribution in [3.05, 3.63) is 75.8 Å². The first-order valence-electron chi connectivity index (χ1n) is 9.01. The van der Waals surface area contributed by atoms with E-state index in [0.29, 0.717) is 16.4 Å². The summed E-state index contributed by atoms with van der Waals surface area (Å²) in [6.45, 7) is 3.94. The molecule has 0 aliphatic heterocycles. The molecule has 4 rings (SSSR count). The molecule has 0 aliphatic carbocycles. The van der Waals surface area contributed by atoms with Gasteiger partial charge >= 0.3 is 0 Å². The van der Waals surface area contributed by atoms with Gasteiger partial charge in [0.15, 0.2) is 5.16 Å². The van der Waals surface area contributed by atoms with Crippen molar-refractivity contribution >= 4 is 34.7 Å². The zero-order valence-corrected chi connectivity index (χ0v) is 17.8. The lowest BCUT2D eigenvalue weighted by Gasteiger charge is -2.08. The first kappa shape index (κ1) is 20.2. The smallest absolute Gasteiger partial charge is 0.286 e. The first-order chi connectivity index (χ1) is 14.5. The van der Waals surface area contributed by atoms with Gasteiger partial charge in [-0.2, -0.15) is 0 Å². The maximum absolute atomic E-state index is 13.0. The summed E-state index contributed by atoms with van der Waals surface area (Å²) >= 11 is 2.68. The highest BCUT2D eigenvalue weighted by molar-refractivity contribution is 7.98. The summed E-state index contributed by atoms with van der Waals surface area (Å²) in [7, 11) is 0. The van der Waals surface area contributed by atoms with Gasteiger partial charge in [-0.05, 0) is 55.8 Å². The fourth-order valence-corrected chi connectivity index (χ4v) is 4.47. The van der Waals surface area contributed by atoms with Gasteiger partial charge < -0.3 is 5.32 Å². The highest BCUT2D eigenvalue weighted by atomic mass is 32.2. The number of halogens is 1. The van der Waals surface area contributed by atoms with Crippen LogP contribution in [0.1, 0.15) is 26.2 Å². The molecule has 2 aromatic carbocycles. The van der Waals surface area contributed by atoms with Gasteiger partial charge in [-0.3, -0.25) is 9.36 Å². The van der Waals surface area contributed by atoms with Crippen molar-refractivity contribution in [2.24, 2.45) is 0 Å². The molecule has 0 radical (unpaired) electrons. The standard InChI is InChI=1S/C20H17FN6OS2/c1-12-4-3-5-16(10-12)27-13(2)23-26-20(27)29-11-17-24-25-19(30-17)18(28)22-15-8-6-14(21)7-9-15/h3-10H,11H2,1-2H3,(H,22,28). The van der Waals surface area contributed by atoms with Crippen molar-refractivity contribution in [3.8, 4) is 5.69 Å². The molecule has 0 saturated carbocycles. The minimum absolute atomic E-state index is 0.242. The molecular formula is C20H17FN6OS2. The molecule has 1 N–H and O–H groups in total. The molecule has 0 aliphatic rings. The van der Waals surface area contributed by atoms with Gasteiger partial charge in [0.05, 0.1) is 5.75 Å². The van der Waals surface area contributed by atoms with Crippen LogP contribution in [0.2, 0.25) is 0 Å². The maximum Gasteiger partial charge on any atom is 0.286 e. The van der Waals surface area contributed by atoms with Crippen LogP contribution in [0.5, 0.6) is 0 Å². The van der Waals surface area contributed by atoms with Gasteiger partial charge in [-0.15, -0.1) is 20.4 Å². The molecule has 2 heterocycles. The summed E-state index contributed by atoms with van der Waals surface area (Å²) in [5.41, 5.74) is 2.64. The van der Waals surface area contributed by atoms with Crippen LogP contribution in [0, 0.1) is 19.7 Å². The Kier molecular flexibility index (Phi) is 5.86. The summed E-state index contributed by atoms with van der Waals surface area (Å²) in [5.74, 6) is 0.552.